The number of hydrogen-bond donors (Lipinski definition) is 2. The SMILES string of the molecule is CN(C)CC(=O)c1ccc(OCP(=O)(O)O)c2c1Cc1scnc1-2. The van der Waals surface area contributed by atoms with Crippen molar-refractivity contribution in [3.05, 3.63) is 33.6 Å². The molecule has 2 aromatic rings. The smallest absolute Gasteiger partial charge is 0.362 e. The summed E-state index contributed by atoms with van der Waals surface area (Å²) in [4.78, 5) is 37.7. The number of rotatable bonds is 6. The van der Waals surface area contributed by atoms with Gasteiger partial charge >= 0.3 is 7.60 Å². The highest BCUT2D eigenvalue weighted by molar-refractivity contribution is 7.51. The monoisotopic (exact) mass is 368 g/mol. The van der Waals surface area contributed by atoms with E-state index in [1.165, 1.54) is 11.3 Å². The fourth-order valence-electron chi connectivity index (χ4n) is 2.74. The third-order valence-electron chi connectivity index (χ3n) is 3.64. The second-order valence-corrected chi connectivity index (χ2v) is 8.39. The van der Waals surface area contributed by atoms with Gasteiger partial charge in [0, 0.05) is 22.4 Å². The Morgan fingerprint density at radius 2 is 2.17 bits per heavy atom. The summed E-state index contributed by atoms with van der Waals surface area (Å²) in [6, 6.07) is 3.25. The largest absolute Gasteiger partial charge is 0.480 e. The number of ether oxygens (including phenoxy) is 1. The van der Waals surface area contributed by atoms with Crippen LogP contribution in [-0.2, 0) is 11.0 Å². The standard InChI is InChI=1S/C15H17N2O5PS/c1-17(2)6-11(18)9-3-4-12(22-8-23(19,20)21)14-10(9)5-13-15(14)16-7-24-13/h3-4,7H,5-6,8H2,1-2H3,(H2,19,20,21). The molecule has 24 heavy (non-hydrogen) atoms. The first kappa shape index (κ1) is 17.3. The molecule has 1 aliphatic rings. The maximum absolute atomic E-state index is 12.5. The Morgan fingerprint density at radius 1 is 1.42 bits per heavy atom. The van der Waals surface area contributed by atoms with Gasteiger partial charge in [-0.15, -0.1) is 11.3 Å². The molecule has 0 saturated heterocycles. The lowest BCUT2D eigenvalue weighted by Gasteiger charge is -2.15. The van der Waals surface area contributed by atoms with Gasteiger partial charge in [-0.3, -0.25) is 9.36 Å². The average Bonchev–Trinajstić information content (AvgIpc) is 3.03. The summed E-state index contributed by atoms with van der Waals surface area (Å²) in [5.74, 6) is 0.340. The molecule has 1 heterocycles. The van der Waals surface area contributed by atoms with Crippen molar-refractivity contribution in [2.24, 2.45) is 0 Å². The fourth-order valence-corrected chi connectivity index (χ4v) is 3.82. The highest BCUT2D eigenvalue weighted by Gasteiger charge is 2.30. The van der Waals surface area contributed by atoms with Crippen LogP contribution < -0.4 is 4.74 Å². The van der Waals surface area contributed by atoms with Gasteiger partial charge in [-0.2, -0.15) is 0 Å². The number of benzene rings is 1. The summed E-state index contributed by atoms with van der Waals surface area (Å²) >= 11 is 1.49. The summed E-state index contributed by atoms with van der Waals surface area (Å²) < 4.78 is 16.4. The molecule has 0 atom stereocenters. The number of nitrogens with zero attached hydrogens (tertiary/aromatic N) is 2. The maximum atomic E-state index is 12.5. The zero-order chi connectivity index (χ0) is 17.5. The van der Waals surface area contributed by atoms with Gasteiger partial charge in [0.2, 0.25) is 0 Å². The molecule has 0 spiro atoms. The van der Waals surface area contributed by atoms with Crippen molar-refractivity contribution in [2.75, 3.05) is 27.0 Å². The molecule has 0 radical (unpaired) electrons. The summed E-state index contributed by atoms with van der Waals surface area (Å²) in [7, 11) is -0.635. The molecular weight excluding hydrogens is 351 g/mol. The normalized spacial score (nSPS) is 13.0. The van der Waals surface area contributed by atoms with E-state index in [1.807, 2.05) is 14.1 Å². The molecule has 2 N–H and O–H groups in total. The minimum atomic E-state index is -4.29. The number of Topliss-reactive ketones (excluding diaryl/α,β-unsaturated/α-hetero) is 1. The molecule has 0 aliphatic heterocycles. The van der Waals surface area contributed by atoms with Gasteiger partial charge in [-0.25, -0.2) is 4.98 Å². The van der Waals surface area contributed by atoms with Crippen LogP contribution in [0.25, 0.3) is 11.3 Å². The predicted octanol–water partition coefficient (Wildman–Crippen LogP) is 1.97. The second kappa shape index (κ2) is 6.38. The van der Waals surface area contributed by atoms with E-state index in [9.17, 15) is 9.36 Å². The third kappa shape index (κ3) is 3.43. The first-order valence-corrected chi connectivity index (χ1v) is 9.88. The number of likely N-dealkylation sites (N-methyl/N-ethyl adjacent to an activating group) is 1. The molecule has 0 unspecified atom stereocenters. The van der Waals surface area contributed by atoms with E-state index in [0.717, 1.165) is 16.1 Å². The molecule has 1 aromatic carbocycles. The summed E-state index contributed by atoms with van der Waals surface area (Å²) in [5, 5.41) is 0. The molecule has 7 nitrogen and oxygen atoms in total. The van der Waals surface area contributed by atoms with Crippen molar-refractivity contribution < 1.29 is 23.9 Å². The van der Waals surface area contributed by atoms with Crippen molar-refractivity contribution >= 4 is 24.7 Å². The van der Waals surface area contributed by atoms with Gasteiger partial charge in [-0.05, 0) is 31.8 Å². The molecular formula is C15H17N2O5PS. The quantitative estimate of drug-likeness (QED) is 0.507. The van der Waals surface area contributed by atoms with Gasteiger partial charge in [0.25, 0.3) is 0 Å². The van der Waals surface area contributed by atoms with Crippen molar-refractivity contribution in [1.29, 1.82) is 0 Å². The number of fused-ring (bicyclic) bond motifs is 3. The number of carbonyl (C=O) groups excluding carboxylic acids is 1. The Hall–Kier alpha value is -1.57. The van der Waals surface area contributed by atoms with Gasteiger partial charge in [0.05, 0.1) is 17.7 Å². The molecule has 1 aromatic heterocycles. The van der Waals surface area contributed by atoms with Crippen molar-refractivity contribution in [2.45, 2.75) is 6.42 Å². The van der Waals surface area contributed by atoms with E-state index >= 15 is 0 Å². The van der Waals surface area contributed by atoms with E-state index in [0.29, 0.717) is 23.3 Å². The van der Waals surface area contributed by atoms with E-state index in [2.05, 4.69) is 4.98 Å². The van der Waals surface area contributed by atoms with Crippen LogP contribution in [0.15, 0.2) is 17.6 Å². The van der Waals surface area contributed by atoms with Crippen LogP contribution in [0.4, 0.5) is 0 Å². The molecule has 0 saturated carbocycles. The summed E-state index contributed by atoms with van der Waals surface area (Å²) in [5.41, 5.74) is 4.54. The summed E-state index contributed by atoms with van der Waals surface area (Å²) in [6.45, 7) is 0.288. The first-order valence-electron chi connectivity index (χ1n) is 7.20. The Kier molecular flexibility index (Phi) is 4.59. The van der Waals surface area contributed by atoms with E-state index in [1.54, 1.807) is 22.5 Å². The topological polar surface area (TPSA) is 100.0 Å². The molecule has 1 aliphatic carbocycles. The zero-order valence-corrected chi connectivity index (χ0v) is 14.9. The number of hydrogen-bond acceptors (Lipinski definition) is 6. The Balaban J connectivity index is 2.04. The van der Waals surface area contributed by atoms with Gasteiger partial charge < -0.3 is 19.4 Å². The van der Waals surface area contributed by atoms with E-state index in [4.69, 9.17) is 14.5 Å². The van der Waals surface area contributed by atoms with E-state index < -0.39 is 13.9 Å². The Morgan fingerprint density at radius 3 is 2.83 bits per heavy atom. The number of ketones is 1. The highest BCUT2D eigenvalue weighted by Crippen LogP contribution is 2.46. The highest BCUT2D eigenvalue weighted by atomic mass is 32.1. The molecule has 0 amide bonds. The van der Waals surface area contributed by atoms with Gasteiger partial charge in [-0.1, -0.05) is 0 Å². The van der Waals surface area contributed by atoms with Crippen molar-refractivity contribution in [3.8, 4) is 17.0 Å². The number of aromatic nitrogens is 1. The lowest BCUT2D eigenvalue weighted by molar-refractivity contribution is 0.0957. The Labute approximate surface area is 143 Å². The lowest BCUT2D eigenvalue weighted by Crippen LogP contribution is -2.22. The number of thiazole rings is 1. The predicted molar refractivity (Wildman–Crippen MR) is 90.8 cm³/mol. The van der Waals surface area contributed by atoms with Crippen LogP contribution in [0.5, 0.6) is 5.75 Å². The van der Waals surface area contributed by atoms with Crippen LogP contribution in [0.2, 0.25) is 0 Å². The van der Waals surface area contributed by atoms with Gasteiger partial charge in [0.15, 0.2) is 12.1 Å². The molecule has 0 fully saturated rings. The van der Waals surface area contributed by atoms with Crippen LogP contribution in [0.1, 0.15) is 20.8 Å². The fraction of sp³-hybridized carbons (Fsp3) is 0.333. The van der Waals surface area contributed by atoms with Crippen LogP contribution >= 0.6 is 18.9 Å². The number of carbonyl (C=O) groups is 1. The second-order valence-electron chi connectivity index (χ2n) is 5.86. The minimum absolute atomic E-state index is 0.00654. The average molecular weight is 368 g/mol. The molecule has 3 rings (SSSR count). The van der Waals surface area contributed by atoms with Gasteiger partial charge in [0.1, 0.15) is 5.75 Å². The maximum Gasteiger partial charge on any atom is 0.362 e. The van der Waals surface area contributed by atoms with Crippen molar-refractivity contribution in [3.63, 3.8) is 0 Å². The van der Waals surface area contributed by atoms with Crippen LogP contribution in [0, 0.1) is 0 Å². The minimum Gasteiger partial charge on any atom is -0.480 e. The van der Waals surface area contributed by atoms with Crippen LogP contribution in [0.3, 0.4) is 0 Å². The van der Waals surface area contributed by atoms with Crippen LogP contribution in [-0.4, -0.2) is 52.4 Å². The zero-order valence-electron chi connectivity index (χ0n) is 13.2. The molecule has 128 valence electrons. The third-order valence-corrected chi connectivity index (χ3v) is 4.94. The van der Waals surface area contributed by atoms with Crippen molar-refractivity contribution in [1.82, 2.24) is 9.88 Å². The lowest BCUT2D eigenvalue weighted by atomic mass is 9.98. The van der Waals surface area contributed by atoms with E-state index in [-0.39, 0.29) is 12.3 Å². The molecule has 0 bridgehead atoms. The Bertz CT molecular complexity index is 842. The molecule has 9 heteroatoms. The summed E-state index contributed by atoms with van der Waals surface area (Å²) in [6.07, 6.45) is -0.124. The first-order chi connectivity index (χ1) is 11.3.